The van der Waals surface area contributed by atoms with Gasteiger partial charge in [-0.25, -0.2) is 19.3 Å². The molecule has 1 aliphatic rings. The summed E-state index contributed by atoms with van der Waals surface area (Å²) in [6, 6.07) is 7.58. The van der Waals surface area contributed by atoms with Crippen LogP contribution in [0, 0.1) is 17.0 Å². The molecule has 5 rings (SSSR count). The summed E-state index contributed by atoms with van der Waals surface area (Å²) in [7, 11) is 3.35. The Hall–Kier alpha value is -4.19. The molecule has 12 heteroatoms. The third-order valence-corrected chi connectivity index (χ3v) is 6.61. The van der Waals surface area contributed by atoms with Gasteiger partial charge in [0.1, 0.15) is 17.8 Å². The number of ether oxygens (including phenoxy) is 2. The number of hydrogen-bond donors (Lipinski definition) is 1. The quantitative estimate of drug-likeness (QED) is 0.306. The first kappa shape index (κ1) is 23.5. The minimum absolute atomic E-state index is 0.0495. The van der Waals surface area contributed by atoms with E-state index >= 15 is 0 Å². The van der Waals surface area contributed by atoms with E-state index in [1.165, 1.54) is 10.8 Å². The number of nitro groups is 1. The number of aryl methyl sites for hydroxylation is 2. The summed E-state index contributed by atoms with van der Waals surface area (Å²) in [6.45, 7) is 3.34. The van der Waals surface area contributed by atoms with Gasteiger partial charge in [-0.1, -0.05) is 0 Å². The van der Waals surface area contributed by atoms with E-state index in [1.807, 2.05) is 35.8 Å². The first-order valence-electron chi connectivity index (χ1n) is 11.6. The Balaban J connectivity index is 1.35. The molecule has 4 aromatic rings. The SMILES string of the molecule is Cc1cc(OCc2ncc([N+](=O)[O-])n2C)ccc1Nc1cc2c(cn1)n(C)c(=O)n2C1CCOCC1. The van der Waals surface area contributed by atoms with Crippen LogP contribution in [-0.2, 0) is 25.4 Å². The molecule has 0 saturated carbocycles. The smallest absolute Gasteiger partial charge is 0.342 e. The summed E-state index contributed by atoms with van der Waals surface area (Å²) in [5.74, 6) is 1.61. The van der Waals surface area contributed by atoms with Crippen molar-refractivity contribution in [2.45, 2.75) is 32.4 Å². The number of rotatable bonds is 7. The molecule has 12 nitrogen and oxygen atoms in total. The zero-order chi connectivity index (χ0) is 25.4. The van der Waals surface area contributed by atoms with Crippen molar-refractivity contribution in [1.82, 2.24) is 23.7 Å². The summed E-state index contributed by atoms with van der Waals surface area (Å²) < 4.78 is 16.2. The molecule has 3 aromatic heterocycles. The normalized spacial score (nSPS) is 14.3. The van der Waals surface area contributed by atoms with Crippen LogP contribution in [0.5, 0.6) is 5.75 Å². The maximum Gasteiger partial charge on any atom is 0.342 e. The van der Waals surface area contributed by atoms with E-state index < -0.39 is 4.92 Å². The summed E-state index contributed by atoms with van der Waals surface area (Å²) >= 11 is 0. The van der Waals surface area contributed by atoms with E-state index in [0.717, 1.165) is 35.1 Å². The van der Waals surface area contributed by atoms with E-state index in [1.54, 1.807) is 24.9 Å². The lowest BCUT2D eigenvalue weighted by Gasteiger charge is -2.23. The number of fused-ring (bicyclic) bond motifs is 1. The average Bonchev–Trinajstić information content (AvgIpc) is 3.36. The highest BCUT2D eigenvalue weighted by Crippen LogP contribution is 2.28. The van der Waals surface area contributed by atoms with Crippen LogP contribution < -0.4 is 15.7 Å². The Bertz CT molecular complexity index is 1500. The lowest BCUT2D eigenvalue weighted by Crippen LogP contribution is -2.29. The fraction of sp³-hybridized carbons (Fsp3) is 0.375. The van der Waals surface area contributed by atoms with Gasteiger partial charge in [0.25, 0.3) is 0 Å². The Labute approximate surface area is 206 Å². The van der Waals surface area contributed by atoms with Crippen LogP contribution in [0.25, 0.3) is 11.0 Å². The first-order chi connectivity index (χ1) is 17.3. The zero-order valence-electron chi connectivity index (χ0n) is 20.3. The lowest BCUT2D eigenvalue weighted by molar-refractivity contribution is -0.391. The summed E-state index contributed by atoms with van der Waals surface area (Å²) in [6.07, 6.45) is 4.54. The van der Waals surface area contributed by atoms with E-state index in [0.29, 0.717) is 30.6 Å². The van der Waals surface area contributed by atoms with Crippen LogP contribution in [0.3, 0.4) is 0 Å². The number of hydrogen-bond acceptors (Lipinski definition) is 8. The maximum atomic E-state index is 13.0. The van der Waals surface area contributed by atoms with Gasteiger partial charge in [0.05, 0.1) is 24.3 Å². The lowest BCUT2D eigenvalue weighted by atomic mass is 10.1. The second-order valence-electron chi connectivity index (χ2n) is 8.85. The third-order valence-electron chi connectivity index (χ3n) is 6.61. The molecule has 1 aromatic carbocycles. The van der Waals surface area contributed by atoms with Crippen molar-refractivity contribution in [2.75, 3.05) is 18.5 Å². The molecule has 0 unspecified atom stereocenters. The van der Waals surface area contributed by atoms with Crippen molar-refractivity contribution in [3.63, 3.8) is 0 Å². The highest BCUT2D eigenvalue weighted by atomic mass is 16.6. The first-order valence-corrected chi connectivity index (χ1v) is 11.6. The van der Waals surface area contributed by atoms with Crippen LogP contribution in [0.1, 0.15) is 30.3 Å². The number of benzene rings is 1. The van der Waals surface area contributed by atoms with E-state index in [-0.39, 0.29) is 24.2 Å². The highest BCUT2D eigenvalue weighted by molar-refractivity contribution is 5.79. The molecular weight excluding hydrogens is 466 g/mol. The maximum absolute atomic E-state index is 13.0. The predicted octanol–water partition coefficient (Wildman–Crippen LogP) is 3.36. The second kappa shape index (κ2) is 9.46. The number of aromatic nitrogens is 5. The van der Waals surface area contributed by atoms with Crippen LogP contribution in [0.15, 0.2) is 41.5 Å². The summed E-state index contributed by atoms with van der Waals surface area (Å²) in [5, 5.41) is 14.3. The molecule has 0 atom stereocenters. The highest BCUT2D eigenvalue weighted by Gasteiger charge is 2.22. The average molecular weight is 494 g/mol. The molecule has 188 valence electrons. The van der Waals surface area contributed by atoms with Gasteiger partial charge in [-0.2, -0.15) is 0 Å². The predicted molar refractivity (Wildman–Crippen MR) is 133 cm³/mol. The zero-order valence-corrected chi connectivity index (χ0v) is 20.3. The van der Waals surface area contributed by atoms with Crippen molar-refractivity contribution in [2.24, 2.45) is 14.1 Å². The second-order valence-corrected chi connectivity index (χ2v) is 8.85. The van der Waals surface area contributed by atoms with Crippen molar-refractivity contribution in [3.8, 4) is 5.75 Å². The summed E-state index contributed by atoms with van der Waals surface area (Å²) in [5.41, 5.74) is 3.35. The van der Waals surface area contributed by atoms with Gasteiger partial charge < -0.3 is 24.9 Å². The molecule has 0 amide bonds. The fourth-order valence-corrected chi connectivity index (χ4v) is 4.51. The number of anilines is 2. The minimum Gasteiger partial charge on any atom is -0.483 e. The Morgan fingerprint density at radius 2 is 1.92 bits per heavy atom. The van der Waals surface area contributed by atoms with Crippen LogP contribution >= 0.6 is 0 Å². The molecule has 1 saturated heterocycles. The number of imidazole rings is 2. The van der Waals surface area contributed by atoms with E-state index in [9.17, 15) is 14.9 Å². The molecule has 0 bridgehead atoms. The van der Waals surface area contributed by atoms with Crippen molar-refractivity contribution >= 4 is 28.4 Å². The van der Waals surface area contributed by atoms with Crippen molar-refractivity contribution < 1.29 is 14.4 Å². The largest absolute Gasteiger partial charge is 0.483 e. The Morgan fingerprint density at radius 3 is 2.61 bits per heavy atom. The van der Waals surface area contributed by atoms with Gasteiger partial charge in [-0.05, 0) is 48.5 Å². The molecule has 0 aliphatic carbocycles. The van der Waals surface area contributed by atoms with Crippen molar-refractivity contribution in [1.29, 1.82) is 0 Å². The number of nitrogens with one attached hydrogen (secondary N) is 1. The molecule has 36 heavy (non-hydrogen) atoms. The molecule has 1 aliphatic heterocycles. The topological polar surface area (TPSA) is 131 Å². The van der Waals surface area contributed by atoms with Gasteiger partial charge in [-0.3, -0.25) is 9.13 Å². The van der Waals surface area contributed by atoms with Gasteiger partial charge in [0.15, 0.2) is 6.61 Å². The standard InChI is InChI=1S/C24H27N7O5/c1-15-10-17(36-14-22-26-13-23(29(22)3)31(33)34)4-5-18(15)27-21-11-19-20(12-25-21)28(2)24(32)30(19)16-6-8-35-9-7-16/h4-5,10-13,16H,6-9,14H2,1-3H3,(H,25,27). The van der Waals surface area contributed by atoms with Crippen LogP contribution in [0.4, 0.5) is 17.3 Å². The van der Waals surface area contributed by atoms with Gasteiger partial charge >= 0.3 is 11.5 Å². The number of nitrogens with zero attached hydrogens (tertiary/aromatic N) is 6. The number of pyridine rings is 1. The Kier molecular flexibility index (Phi) is 6.18. The molecule has 0 spiro atoms. The summed E-state index contributed by atoms with van der Waals surface area (Å²) in [4.78, 5) is 32.1. The van der Waals surface area contributed by atoms with Gasteiger partial charge in [0, 0.05) is 38.1 Å². The molecule has 1 fully saturated rings. The van der Waals surface area contributed by atoms with Crippen LogP contribution in [-0.4, -0.2) is 41.8 Å². The van der Waals surface area contributed by atoms with Gasteiger partial charge in [-0.15, -0.1) is 0 Å². The monoisotopic (exact) mass is 493 g/mol. The molecule has 1 N–H and O–H groups in total. The third kappa shape index (κ3) is 4.31. The molecular formula is C24H27N7O5. The van der Waals surface area contributed by atoms with E-state index in [2.05, 4.69) is 15.3 Å². The van der Waals surface area contributed by atoms with E-state index in [4.69, 9.17) is 9.47 Å². The van der Waals surface area contributed by atoms with Gasteiger partial charge in [0.2, 0.25) is 5.82 Å². The Morgan fingerprint density at radius 1 is 1.14 bits per heavy atom. The van der Waals surface area contributed by atoms with Crippen LogP contribution in [0.2, 0.25) is 0 Å². The molecule has 4 heterocycles. The fourth-order valence-electron chi connectivity index (χ4n) is 4.51. The minimum atomic E-state index is -0.481. The van der Waals surface area contributed by atoms with Crippen molar-refractivity contribution in [3.05, 3.63) is 68.6 Å². The molecule has 0 radical (unpaired) electrons.